The maximum Gasteiger partial charge on any atom is 0.233 e. The van der Waals surface area contributed by atoms with E-state index in [1.54, 1.807) is 0 Å². The van der Waals surface area contributed by atoms with E-state index in [0.717, 1.165) is 25.5 Å². The summed E-state index contributed by atoms with van der Waals surface area (Å²) < 4.78 is 5.57. The molecule has 7 heteroatoms. The van der Waals surface area contributed by atoms with Crippen molar-refractivity contribution in [3.63, 3.8) is 0 Å². The van der Waals surface area contributed by atoms with Crippen LogP contribution in [0.3, 0.4) is 0 Å². The van der Waals surface area contributed by atoms with Gasteiger partial charge in [0.15, 0.2) is 5.96 Å². The van der Waals surface area contributed by atoms with Crippen molar-refractivity contribution < 1.29 is 14.3 Å². The Hall–Kier alpha value is -1.89. The Labute approximate surface area is 168 Å². The molecule has 4 atom stereocenters. The van der Waals surface area contributed by atoms with Crippen molar-refractivity contribution in [2.24, 2.45) is 34.6 Å². The molecule has 0 aromatic carbocycles. The minimum atomic E-state index is -0.101. The highest BCUT2D eigenvalue weighted by molar-refractivity contribution is 6.06. The third kappa shape index (κ3) is 4.57. The molecule has 3 aliphatic rings. The summed E-state index contributed by atoms with van der Waals surface area (Å²) in [5.41, 5.74) is 0. The summed E-state index contributed by atoms with van der Waals surface area (Å²) in [6, 6.07) is 0. The van der Waals surface area contributed by atoms with Crippen molar-refractivity contribution in [1.29, 1.82) is 0 Å². The number of guanidine groups is 1. The van der Waals surface area contributed by atoms with E-state index in [2.05, 4.69) is 41.6 Å². The lowest BCUT2D eigenvalue weighted by Gasteiger charge is -2.17. The van der Waals surface area contributed by atoms with E-state index in [1.165, 1.54) is 4.90 Å². The van der Waals surface area contributed by atoms with Crippen LogP contribution in [0, 0.1) is 29.6 Å². The molecule has 0 aromatic rings. The van der Waals surface area contributed by atoms with Crippen LogP contribution < -0.4 is 10.6 Å². The highest BCUT2D eigenvalue weighted by atomic mass is 16.5. The fourth-order valence-corrected chi connectivity index (χ4v) is 4.51. The lowest BCUT2D eigenvalue weighted by Crippen LogP contribution is -2.39. The van der Waals surface area contributed by atoms with E-state index in [9.17, 15) is 9.59 Å². The maximum absolute atomic E-state index is 12.7. The molecule has 0 spiro atoms. The van der Waals surface area contributed by atoms with Gasteiger partial charge in [-0.15, -0.1) is 0 Å². The van der Waals surface area contributed by atoms with Gasteiger partial charge in [-0.1, -0.05) is 26.0 Å². The van der Waals surface area contributed by atoms with Crippen molar-refractivity contribution >= 4 is 17.8 Å². The molecule has 7 nitrogen and oxygen atoms in total. The number of likely N-dealkylation sites (tertiary alicyclic amines) is 1. The molecule has 1 saturated carbocycles. The van der Waals surface area contributed by atoms with Crippen LogP contribution in [-0.2, 0) is 14.3 Å². The fraction of sp³-hybridized carbons (Fsp3) is 0.762. The molecule has 4 unspecified atom stereocenters. The van der Waals surface area contributed by atoms with Crippen LogP contribution in [0.25, 0.3) is 0 Å². The minimum Gasteiger partial charge on any atom is -0.379 e. The molecule has 2 aliphatic carbocycles. The van der Waals surface area contributed by atoms with Crippen molar-refractivity contribution in [2.75, 3.05) is 39.4 Å². The van der Waals surface area contributed by atoms with Crippen molar-refractivity contribution in [1.82, 2.24) is 15.5 Å². The van der Waals surface area contributed by atoms with Gasteiger partial charge >= 0.3 is 0 Å². The first-order valence-corrected chi connectivity index (χ1v) is 10.7. The predicted octanol–water partition coefficient (Wildman–Crippen LogP) is 1.41. The monoisotopic (exact) mass is 390 g/mol. The number of nitrogens with zero attached hydrogens (tertiary/aromatic N) is 2. The predicted molar refractivity (Wildman–Crippen MR) is 109 cm³/mol. The van der Waals surface area contributed by atoms with Gasteiger partial charge in [0.1, 0.15) is 0 Å². The molecule has 2 bridgehead atoms. The highest BCUT2D eigenvalue weighted by Gasteiger charge is 2.58. The number of imide groups is 1. The Morgan fingerprint density at radius 1 is 1.21 bits per heavy atom. The molecule has 1 aliphatic heterocycles. The molecule has 2 N–H and O–H groups in total. The average Bonchev–Trinajstić information content (AvgIpc) is 3.33. The van der Waals surface area contributed by atoms with Crippen LogP contribution in [0.2, 0.25) is 0 Å². The number of allylic oxidation sites excluding steroid dienone is 2. The number of fused-ring (bicyclic) bond motifs is 5. The number of carbonyl (C=O) groups is 2. The van der Waals surface area contributed by atoms with Crippen LogP contribution in [0.15, 0.2) is 17.1 Å². The normalized spacial score (nSPS) is 28.6. The summed E-state index contributed by atoms with van der Waals surface area (Å²) in [6.45, 7) is 10.2. The number of hydrogen-bond acceptors (Lipinski definition) is 4. The van der Waals surface area contributed by atoms with Crippen LogP contribution in [0.1, 0.15) is 33.6 Å². The molecule has 3 rings (SSSR count). The summed E-state index contributed by atoms with van der Waals surface area (Å²) in [6.07, 6.45) is 5.91. The molecule has 1 heterocycles. The van der Waals surface area contributed by atoms with Gasteiger partial charge in [-0.25, -0.2) is 0 Å². The van der Waals surface area contributed by atoms with Crippen LogP contribution in [0.5, 0.6) is 0 Å². The second-order valence-electron chi connectivity index (χ2n) is 8.34. The number of nitrogens with one attached hydrogen (secondary N) is 2. The molecule has 0 aromatic heterocycles. The molecular formula is C21H34N4O3. The Morgan fingerprint density at radius 2 is 1.89 bits per heavy atom. The molecule has 28 heavy (non-hydrogen) atoms. The first-order valence-electron chi connectivity index (χ1n) is 10.7. The minimum absolute atomic E-state index is 0.0307. The van der Waals surface area contributed by atoms with Crippen LogP contribution in [-0.4, -0.2) is 62.1 Å². The second kappa shape index (κ2) is 9.54. The van der Waals surface area contributed by atoms with Gasteiger partial charge in [0.25, 0.3) is 0 Å². The maximum atomic E-state index is 12.7. The standard InChI is InChI=1S/C21H34N4O3/c1-4-22-21(24-9-11-28-13-14(2)3)23-8-5-10-25-19(26)17-15-6-7-16(12-15)18(17)20(25)27/h6-7,14-18H,4-5,8-13H2,1-3H3,(H2,22,23,24). The highest BCUT2D eigenvalue weighted by Crippen LogP contribution is 2.52. The summed E-state index contributed by atoms with van der Waals surface area (Å²) in [7, 11) is 0. The Kier molecular flexibility index (Phi) is 7.10. The fourth-order valence-electron chi connectivity index (χ4n) is 4.51. The number of amides is 2. The van der Waals surface area contributed by atoms with Gasteiger partial charge < -0.3 is 15.4 Å². The third-order valence-corrected chi connectivity index (χ3v) is 5.71. The van der Waals surface area contributed by atoms with Crippen LogP contribution in [0.4, 0.5) is 0 Å². The van der Waals surface area contributed by atoms with Crippen LogP contribution >= 0.6 is 0 Å². The first-order chi connectivity index (χ1) is 13.5. The summed E-state index contributed by atoms with van der Waals surface area (Å²) >= 11 is 0. The third-order valence-electron chi connectivity index (χ3n) is 5.71. The number of ether oxygens (including phenoxy) is 1. The van der Waals surface area contributed by atoms with Gasteiger partial charge in [-0.2, -0.15) is 0 Å². The van der Waals surface area contributed by atoms with Gasteiger partial charge in [-0.3, -0.25) is 19.5 Å². The van der Waals surface area contributed by atoms with E-state index in [4.69, 9.17) is 4.74 Å². The number of hydrogen-bond donors (Lipinski definition) is 2. The molecule has 2 amide bonds. The smallest absolute Gasteiger partial charge is 0.233 e. The largest absolute Gasteiger partial charge is 0.379 e. The van der Waals surface area contributed by atoms with E-state index in [-0.39, 0.29) is 35.5 Å². The van der Waals surface area contributed by atoms with Crippen molar-refractivity contribution in [2.45, 2.75) is 33.6 Å². The van der Waals surface area contributed by atoms with E-state index in [0.29, 0.717) is 38.6 Å². The number of rotatable bonds is 10. The molecule has 0 radical (unpaired) electrons. The Bertz CT molecular complexity index is 601. The Balaban J connectivity index is 1.40. The topological polar surface area (TPSA) is 83.0 Å². The second-order valence-corrected chi connectivity index (χ2v) is 8.34. The summed E-state index contributed by atoms with van der Waals surface area (Å²) in [4.78, 5) is 31.4. The molecule has 2 fully saturated rings. The van der Waals surface area contributed by atoms with Crippen molar-refractivity contribution in [3.05, 3.63) is 12.2 Å². The lowest BCUT2D eigenvalue weighted by atomic mass is 9.85. The Morgan fingerprint density at radius 3 is 2.50 bits per heavy atom. The molecule has 1 saturated heterocycles. The first kappa shape index (κ1) is 20.8. The van der Waals surface area contributed by atoms with E-state index < -0.39 is 0 Å². The van der Waals surface area contributed by atoms with Gasteiger partial charge in [0.05, 0.1) is 18.4 Å². The lowest BCUT2D eigenvalue weighted by molar-refractivity contribution is -0.140. The molecule has 156 valence electrons. The van der Waals surface area contributed by atoms with Gasteiger partial charge in [0, 0.05) is 32.8 Å². The average molecular weight is 391 g/mol. The zero-order valence-electron chi connectivity index (χ0n) is 17.3. The zero-order chi connectivity index (χ0) is 20.1. The van der Waals surface area contributed by atoms with E-state index >= 15 is 0 Å². The number of aliphatic imine (C=N–C) groups is 1. The van der Waals surface area contributed by atoms with Gasteiger partial charge in [0.2, 0.25) is 11.8 Å². The van der Waals surface area contributed by atoms with Crippen molar-refractivity contribution in [3.8, 4) is 0 Å². The number of carbonyl (C=O) groups excluding carboxylic acids is 2. The van der Waals surface area contributed by atoms with E-state index in [1.807, 2.05) is 6.92 Å². The summed E-state index contributed by atoms with van der Waals surface area (Å²) in [5, 5.41) is 6.46. The quantitative estimate of drug-likeness (QED) is 0.194. The molecular weight excluding hydrogens is 356 g/mol. The van der Waals surface area contributed by atoms with Gasteiger partial charge in [-0.05, 0) is 37.5 Å². The summed E-state index contributed by atoms with van der Waals surface area (Å²) in [5.74, 6) is 1.68. The zero-order valence-corrected chi connectivity index (χ0v) is 17.3. The SMILES string of the molecule is CCNC(=NCCCN1C(=O)C2C3C=CC(C3)C2C1=O)NCCOCC(C)C.